The van der Waals surface area contributed by atoms with Gasteiger partial charge in [-0.3, -0.25) is 9.59 Å². The Morgan fingerprint density at radius 2 is 1.69 bits per heavy atom. The first-order valence-corrected chi connectivity index (χ1v) is 9.73. The highest BCUT2D eigenvalue weighted by Gasteiger charge is 2.42. The third-order valence-corrected chi connectivity index (χ3v) is 4.93. The van der Waals surface area contributed by atoms with Gasteiger partial charge in [0.15, 0.2) is 12.4 Å². The van der Waals surface area contributed by atoms with Crippen LogP contribution in [0.15, 0.2) is 59.1 Å². The fourth-order valence-electron chi connectivity index (χ4n) is 2.88. The lowest BCUT2D eigenvalue weighted by Crippen LogP contribution is -2.44. The Balaban J connectivity index is 1.57. The number of hydrogen-bond donors (Lipinski definition) is 0. The SMILES string of the molecule is O=C(COC(=O)[C@H]1CCC(=O)N1C(=O)OCc1ccccc1)c1ccc(Br)cc1. The molecule has 0 N–H and O–H groups in total. The quantitative estimate of drug-likeness (QED) is 0.484. The maximum Gasteiger partial charge on any atom is 0.417 e. The maximum absolute atomic E-state index is 12.4. The van der Waals surface area contributed by atoms with Crippen molar-refractivity contribution in [3.8, 4) is 0 Å². The highest BCUT2D eigenvalue weighted by atomic mass is 79.9. The van der Waals surface area contributed by atoms with E-state index in [1.165, 1.54) is 0 Å². The topological polar surface area (TPSA) is 90.0 Å². The minimum Gasteiger partial charge on any atom is -0.456 e. The summed E-state index contributed by atoms with van der Waals surface area (Å²) in [6, 6.07) is 14.5. The monoisotopic (exact) mass is 459 g/mol. The van der Waals surface area contributed by atoms with Gasteiger partial charge in [0.2, 0.25) is 5.91 Å². The Hall–Kier alpha value is -3.00. The largest absolute Gasteiger partial charge is 0.456 e. The molecule has 0 bridgehead atoms. The second-order valence-electron chi connectivity index (χ2n) is 6.40. The van der Waals surface area contributed by atoms with Crippen molar-refractivity contribution in [1.82, 2.24) is 4.90 Å². The smallest absolute Gasteiger partial charge is 0.417 e. The van der Waals surface area contributed by atoms with E-state index in [-0.39, 0.29) is 25.2 Å². The van der Waals surface area contributed by atoms with Crippen LogP contribution < -0.4 is 0 Å². The van der Waals surface area contributed by atoms with Gasteiger partial charge in [-0.25, -0.2) is 14.5 Å². The number of amides is 2. The first-order chi connectivity index (χ1) is 14.0. The molecule has 7 nitrogen and oxygen atoms in total. The Bertz CT molecular complexity index is 913. The van der Waals surface area contributed by atoms with Crippen LogP contribution in [0.2, 0.25) is 0 Å². The molecular formula is C21H18BrNO6. The Kier molecular flexibility index (Phi) is 6.77. The molecule has 0 aromatic heterocycles. The van der Waals surface area contributed by atoms with Crippen LogP contribution in [0, 0.1) is 0 Å². The molecule has 0 radical (unpaired) electrons. The van der Waals surface area contributed by atoms with Crippen molar-refractivity contribution in [2.24, 2.45) is 0 Å². The van der Waals surface area contributed by atoms with Crippen LogP contribution in [0.3, 0.4) is 0 Å². The van der Waals surface area contributed by atoms with Crippen molar-refractivity contribution in [2.45, 2.75) is 25.5 Å². The number of halogens is 1. The van der Waals surface area contributed by atoms with Crippen LogP contribution in [0.4, 0.5) is 4.79 Å². The van der Waals surface area contributed by atoms with E-state index in [2.05, 4.69) is 15.9 Å². The predicted octanol–water partition coefficient (Wildman–Crippen LogP) is 3.50. The molecule has 0 aliphatic carbocycles. The van der Waals surface area contributed by atoms with Crippen molar-refractivity contribution in [3.05, 3.63) is 70.2 Å². The van der Waals surface area contributed by atoms with E-state index in [4.69, 9.17) is 9.47 Å². The number of carbonyl (C=O) groups is 4. The molecule has 1 aliphatic rings. The van der Waals surface area contributed by atoms with E-state index < -0.39 is 30.6 Å². The van der Waals surface area contributed by atoms with Gasteiger partial charge in [-0.05, 0) is 24.1 Å². The lowest BCUT2D eigenvalue weighted by atomic mass is 10.1. The first kappa shape index (κ1) is 20.7. The summed E-state index contributed by atoms with van der Waals surface area (Å²) in [4.78, 5) is 49.7. The number of nitrogens with zero attached hydrogens (tertiary/aromatic N) is 1. The average Bonchev–Trinajstić information content (AvgIpc) is 3.13. The van der Waals surface area contributed by atoms with Crippen LogP contribution >= 0.6 is 15.9 Å². The van der Waals surface area contributed by atoms with Gasteiger partial charge in [0, 0.05) is 16.5 Å². The third-order valence-electron chi connectivity index (χ3n) is 4.40. The number of Topliss-reactive ketones (excluding diaryl/α,β-unsaturated/α-hetero) is 1. The van der Waals surface area contributed by atoms with Gasteiger partial charge in [0.1, 0.15) is 12.6 Å². The lowest BCUT2D eigenvalue weighted by Gasteiger charge is -2.21. The van der Waals surface area contributed by atoms with E-state index in [1.54, 1.807) is 48.5 Å². The fraction of sp³-hybridized carbons (Fsp3) is 0.238. The zero-order valence-electron chi connectivity index (χ0n) is 15.4. The zero-order chi connectivity index (χ0) is 20.8. The number of benzene rings is 2. The van der Waals surface area contributed by atoms with Gasteiger partial charge >= 0.3 is 12.1 Å². The van der Waals surface area contributed by atoms with Gasteiger partial charge in [0.25, 0.3) is 0 Å². The number of rotatable bonds is 6. The molecule has 150 valence electrons. The number of imide groups is 1. The van der Waals surface area contributed by atoms with Gasteiger partial charge in [0.05, 0.1) is 0 Å². The fourth-order valence-corrected chi connectivity index (χ4v) is 3.14. The highest BCUT2D eigenvalue weighted by molar-refractivity contribution is 9.10. The molecule has 2 aromatic carbocycles. The van der Waals surface area contributed by atoms with E-state index in [1.807, 2.05) is 6.07 Å². The molecular weight excluding hydrogens is 442 g/mol. The molecule has 3 rings (SSSR count). The van der Waals surface area contributed by atoms with E-state index in [0.717, 1.165) is 14.9 Å². The molecule has 1 fully saturated rings. The minimum atomic E-state index is -1.09. The van der Waals surface area contributed by atoms with Crippen molar-refractivity contribution in [1.29, 1.82) is 0 Å². The number of ketones is 1. The Morgan fingerprint density at radius 1 is 1.00 bits per heavy atom. The summed E-state index contributed by atoms with van der Waals surface area (Å²) < 4.78 is 11.0. The molecule has 2 aromatic rings. The maximum atomic E-state index is 12.4. The summed E-state index contributed by atoms with van der Waals surface area (Å²) in [6.07, 6.45) is -0.747. The summed E-state index contributed by atoms with van der Waals surface area (Å²) in [5, 5.41) is 0. The molecule has 1 heterocycles. The number of likely N-dealkylation sites (tertiary alicyclic amines) is 1. The Labute approximate surface area is 175 Å². The summed E-state index contributed by atoms with van der Waals surface area (Å²) in [5.41, 5.74) is 1.15. The van der Waals surface area contributed by atoms with Crippen molar-refractivity contribution < 1.29 is 28.7 Å². The van der Waals surface area contributed by atoms with Gasteiger partial charge < -0.3 is 9.47 Å². The van der Waals surface area contributed by atoms with Crippen molar-refractivity contribution in [3.63, 3.8) is 0 Å². The van der Waals surface area contributed by atoms with Crippen LogP contribution in [0.5, 0.6) is 0 Å². The normalized spacial score (nSPS) is 15.8. The van der Waals surface area contributed by atoms with Crippen LogP contribution in [0.25, 0.3) is 0 Å². The molecule has 8 heteroatoms. The van der Waals surface area contributed by atoms with Crippen molar-refractivity contribution >= 4 is 39.7 Å². The van der Waals surface area contributed by atoms with Crippen molar-refractivity contribution in [2.75, 3.05) is 6.61 Å². The van der Waals surface area contributed by atoms with Gasteiger partial charge in [-0.1, -0.05) is 58.4 Å². The summed E-state index contributed by atoms with van der Waals surface area (Å²) in [6.45, 7) is -0.495. The predicted molar refractivity (Wildman–Crippen MR) is 106 cm³/mol. The summed E-state index contributed by atoms with van der Waals surface area (Å²) in [5.74, 6) is -1.70. The molecule has 0 spiro atoms. The molecule has 1 aliphatic heterocycles. The molecule has 29 heavy (non-hydrogen) atoms. The first-order valence-electron chi connectivity index (χ1n) is 8.94. The minimum absolute atomic E-state index is 0.0206. The average molecular weight is 460 g/mol. The Morgan fingerprint density at radius 3 is 2.38 bits per heavy atom. The van der Waals surface area contributed by atoms with Crippen LogP contribution in [-0.2, 0) is 25.7 Å². The highest BCUT2D eigenvalue weighted by Crippen LogP contribution is 2.22. The number of carbonyl (C=O) groups excluding carboxylic acids is 4. The molecule has 2 amide bonds. The number of esters is 1. The molecule has 0 saturated carbocycles. The van der Waals surface area contributed by atoms with Crippen LogP contribution in [-0.4, -0.2) is 41.3 Å². The summed E-state index contributed by atoms with van der Waals surface area (Å²) >= 11 is 3.28. The van der Waals surface area contributed by atoms with E-state index in [0.29, 0.717) is 5.56 Å². The standard InChI is InChI=1S/C21H18BrNO6/c22-16-8-6-15(7-9-16)18(24)13-28-20(26)17-10-11-19(25)23(17)21(27)29-12-14-4-2-1-3-5-14/h1-9,17H,10-13H2/t17-/m1/s1. The molecule has 1 atom stereocenters. The van der Waals surface area contributed by atoms with Crippen LogP contribution in [0.1, 0.15) is 28.8 Å². The lowest BCUT2D eigenvalue weighted by molar-refractivity contribution is -0.149. The number of hydrogen-bond acceptors (Lipinski definition) is 6. The number of ether oxygens (including phenoxy) is 2. The molecule has 0 unspecified atom stereocenters. The zero-order valence-corrected chi connectivity index (χ0v) is 17.0. The van der Waals surface area contributed by atoms with E-state index >= 15 is 0 Å². The second-order valence-corrected chi connectivity index (χ2v) is 7.31. The van der Waals surface area contributed by atoms with Gasteiger partial charge in [-0.2, -0.15) is 0 Å². The third kappa shape index (κ3) is 5.29. The molecule has 1 saturated heterocycles. The summed E-state index contributed by atoms with van der Waals surface area (Å²) in [7, 11) is 0. The van der Waals surface area contributed by atoms with E-state index in [9.17, 15) is 19.2 Å². The van der Waals surface area contributed by atoms with Gasteiger partial charge in [-0.15, -0.1) is 0 Å². The second kappa shape index (κ2) is 9.47.